The third-order valence-electron chi connectivity index (χ3n) is 2.92. The molecule has 2 N–H and O–H groups in total. The van der Waals surface area contributed by atoms with Crippen LogP contribution in [0.4, 0.5) is 11.4 Å². The minimum Gasteiger partial charge on any atom is -0.489 e. The van der Waals surface area contributed by atoms with Gasteiger partial charge >= 0.3 is 0 Å². The van der Waals surface area contributed by atoms with Crippen LogP contribution in [-0.2, 0) is 4.79 Å². The Bertz CT molecular complexity index is 507. The fraction of sp³-hybridized carbons (Fsp3) is 0.333. The predicted octanol–water partition coefficient (Wildman–Crippen LogP) is 1.03. The van der Waals surface area contributed by atoms with E-state index in [0.29, 0.717) is 13.2 Å². The molecule has 7 heteroatoms. The average Bonchev–Trinajstić information content (AvgIpc) is 2.90. The van der Waals surface area contributed by atoms with Gasteiger partial charge in [0, 0.05) is 18.3 Å². The Morgan fingerprint density at radius 1 is 1.47 bits per heavy atom. The van der Waals surface area contributed by atoms with Gasteiger partial charge in [-0.05, 0) is 12.1 Å². The molecule has 0 spiro atoms. The molecule has 0 fully saturated rings. The number of hydrogen-bond donors (Lipinski definition) is 2. The minimum absolute atomic E-state index is 0. The summed E-state index contributed by atoms with van der Waals surface area (Å²) in [4.78, 5) is 16.8. The highest BCUT2D eigenvalue weighted by atomic mass is 127. The summed E-state index contributed by atoms with van der Waals surface area (Å²) >= 11 is 0. The number of benzene rings is 1. The van der Waals surface area contributed by atoms with E-state index in [4.69, 9.17) is 4.74 Å². The van der Waals surface area contributed by atoms with E-state index in [1.807, 2.05) is 18.2 Å². The third-order valence-corrected chi connectivity index (χ3v) is 2.92. The fourth-order valence-electron chi connectivity index (χ4n) is 2.05. The zero-order chi connectivity index (χ0) is 12.4. The van der Waals surface area contributed by atoms with Crippen LogP contribution in [0.3, 0.4) is 0 Å². The van der Waals surface area contributed by atoms with Crippen molar-refractivity contribution in [2.45, 2.75) is 0 Å². The lowest BCUT2D eigenvalue weighted by atomic mass is 10.2. The number of halogens is 1. The van der Waals surface area contributed by atoms with Gasteiger partial charge in [0.2, 0.25) is 6.41 Å². The van der Waals surface area contributed by atoms with Gasteiger partial charge in [-0.1, -0.05) is 0 Å². The Balaban J connectivity index is 0.00000133. The summed E-state index contributed by atoms with van der Waals surface area (Å²) in [6, 6.07) is 5.67. The zero-order valence-corrected chi connectivity index (χ0v) is 12.6. The van der Waals surface area contributed by atoms with Gasteiger partial charge in [0.25, 0.3) is 0 Å². The summed E-state index contributed by atoms with van der Waals surface area (Å²) in [6.07, 6.45) is 0.830. The lowest BCUT2D eigenvalue weighted by Gasteiger charge is -2.26. The molecule has 102 valence electrons. The van der Waals surface area contributed by atoms with Crippen LogP contribution < -0.4 is 20.3 Å². The Labute approximate surface area is 128 Å². The van der Waals surface area contributed by atoms with Crippen LogP contribution in [0.5, 0.6) is 5.75 Å². The van der Waals surface area contributed by atoms with Gasteiger partial charge in [-0.3, -0.25) is 9.79 Å². The summed E-state index contributed by atoms with van der Waals surface area (Å²) in [6.45, 7) is 2.78. The SMILES string of the molecule is I.O=CN1CCOc2cc(NC3=NCCN3)ccc21. The number of anilines is 2. The van der Waals surface area contributed by atoms with E-state index in [9.17, 15) is 4.79 Å². The molecule has 19 heavy (non-hydrogen) atoms. The number of amides is 1. The van der Waals surface area contributed by atoms with E-state index in [1.165, 1.54) is 0 Å². The molecule has 0 bridgehead atoms. The quantitative estimate of drug-likeness (QED) is 0.600. The molecular weight excluding hydrogens is 359 g/mol. The molecule has 1 aromatic carbocycles. The summed E-state index contributed by atoms with van der Waals surface area (Å²) < 4.78 is 5.56. The molecule has 2 heterocycles. The predicted molar refractivity (Wildman–Crippen MR) is 84.7 cm³/mol. The number of hydrogen-bond acceptors (Lipinski definition) is 5. The number of nitrogens with one attached hydrogen (secondary N) is 2. The number of ether oxygens (including phenoxy) is 1. The van der Waals surface area contributed by atoms with Gasteiger partial charge in [0.1, 0.15) is 12.4 Å². The molecule has 3 rings (SSSR count). The molecule has 2 aliphatic rings. The first-order valence-corrected chi connectivity index (χ1v) is 5.91. The van der Waals surface area contributed by atoms with Gasteiger partial charge in [0.05, 0.1) is 18.8 Å². The van der Waals surface area contributed by atoms with Crippen LogP contribution >= 0.6 is 24.0 Å². The molecule has 0 aromatic heterocycles. The largest absolute Gasteiger partial charge is 0.489 e. The summed E-state index contributed by atoms with van der Waals surface area (Å²) in [5.41, 5.74) is 1.71. The van der Waals surface area contributed by atoms with Crippen LogP contribution in [0.1, 0.15) is 0 Å². The van der Waals surface area contributed by atoms with Gasteiger partial charge in [-0.2, -0.15) is 0 Å². The smallest absolute Gasteiger partial charge is 0.214 e. The highest BCUT2D eigenvalue weighted by Gasteiger charge is 2.18. The van der Waals surface area contributed by atoms with Crippen molar-refractivity contribution in [2.75, 3.05) is 36.5 Å². The van der Waals surface area contributed by atoms with E-state index in [1.54, 1.807) is 4.90 Å². The average molecular weight is 374 g/mol. The molecule has 0 unspecified atom stereocenters. The van der Waals surface area contributed by atoms with E-state index < -0.39 is 0 Å². The van der Waals surface area contributed by atoms with Crippen LogP contribution in [0.25, 0.3) is 0 Å². The van der Waals surface area contributed by atoms with E-state index in [-0.39, 0.29) is 24.0 Å². The topological polar surface area (TPSA) is 66.0 Å². The van der Waals surface area contributed by atoms with Gasteiger partial charge < -0.3 is 20.3 Å². The molecule has 2 aliphatic heterocycles. The molecular formula is C12H15IN4O2. The van der Waals surface area contributed by atoms with E-state index >= 15 is 0 Å². The van der Waals surface area contributed by atoms with Crippen molar-refractivity contribution >= 4 is 47.7 Å². The van der Waals surface area contributed by atoms with Crippen LogP contribution in [0.2, 0.25) is 0 Å². The summed E-state index contributed by atoms with van der Waals surface area (Å²) in [5, 5.41) is 6.31. The Kier molecular flexibility index (Phi) is 4.46. The number of fused-ring (bicyclic) bond motifs is 1. The fourth-order valence-corrected chi connectivity index (χ4v) is 2.05. The maximum Gasteiger partial charge on any atom is 0.214 e. The number of rotatable bonds is 2. The highest BCUT2D eigenvalue weighted by Crippen LogP contribution is 2.33. The Hall–Kier alpha value is -1.51. The molecule has 6 nitrogen and oxygen atoms in total. The van der Waals surface area contributed by atoms with Gasteiger partial charge in [-0.15, -0.1) is 24.0 Å². The molecule has 1 aromatic rings. The first-order chi connectivity index (χ1) is 8.86. The molecule has 0 radical (unpaired) electrons. The molecule has 0 saturated heterocycles. The van der Waals surface area contributed by atoms with Gasteiger partial charge in [-0.25, -0.2) is 0 Å². The number of carbonyl (C=O) groups excluding carboxylic acids is 1. The second kappa shape index (κ2) is 6.09. The van der Waals surface area contributed by atoms with Crippen molar-refractivity contribution in [1.82, 2.24) is 5.32 Å². The van der Waals surface area contributed by atoms with Crippen LogP contribution in [0, 0.1) is 0 Å². The number of aliphatic imine (C=N–C) groups is 1. The van der Waals surface area contributed by atoms with Crippen molar-refractivity contribution in [1.29, 1.82) is 0 Å². The Morgan fingerprint density at radius 2 is 2.37 bits per heavy atom. The third kappa shape index (κ3) is 2.91. The second-order valence-corrected chi connectivity index (χ2v) is 4.11. The highest BCUT2D eigenvalue weighted by molar-refractivity contribution is 14.0. The lowest BCUT2D eigenvalue weighted by molar-refractivity contribution is -0.107. The molecule has 0 saturated carbocycles. The first kappa shape index (κ1) is 13.9. The first-order valence-electron chi connectivity index (χ1n) is 5.91. The van der Waals surface area contributed by atoms with Crippen molar-refractivity contribution in [2.24, 2.45) is 4.99 Å². The van der Waals surface area contributed by atoms with Crippen LogP contribution in [0.15, 0.2) is 23.2 Å². The monoisotopic (exact) mass is 374 g/mol. The second-order valence-electron chi connectivity index (χ2n) is 4.11. The molecule has 0 atom stereocenters. The number of nitrogens with zero attached hydrogens (tertiary/aromatic N) is 2. The maximum atomic E-state index is 10.9. The van der Waals surface area contributed by atoms with Crippen molar-refractivity contribution < 1.29 is 9.53 Å². The summed E-state index contributed by atoms with van der Waals surface area (Å²) in [5.74, 6) is 1.50. The lowest BCUT2D eigenvalue weighted by Crippen LogP contribution is -2.31. The number of carbonyl (C=O) groups is 1. The van der Waals surface area contributed by atoms with E-state index in [0.717, 1.165) is 42.6 Å². The van der Waals surface area contributed by atoms with Crippen LogP contribution in [-0.4, -0.2) is 38.6 Å². The molecule has 0 aliphatic carbocycles. The maximum absolute atomic E-state index is 10.9. The standard InChI is InChI=1S/C12H14N4O2.HI/c17-8-16-5-6-18-11-7-9(1-2-10(11)16)15-12-13-3-4-14-12;/h1-2,7-8H,3-6H2,(H2,13,14,15);1H. The zero-order valence-electron chi connectivity index (χ0n) is 10.3. The van der Waals surface area contributed by atoms with Crippen molar-refractivity contribution in [3.63, 3.8) is 0 Å². The minimum atomic E-state index is 0. The van der Waals surface area contributed by atoms with Gasteiger partial charge in [0.15, 0.2) is 5.96 Å². The van der Waals surface area contributed by atoms with Crippen molar-refractivity contribution in [3.8, 4) is 5.75 Å². The Morgan fingerprint density at radius 3 is 3.11 bits per heavy atom. The number of guanidine groups is 1. The van der Waals surface area contributed by atoms with Crippen molar-refractivity contribution in [3.05, 3.63) is 18.2 Å². The summed E-state index contributed by atoms with van der Waals surface area (Å²) in [7, 11) is 0. The van der Waals surface area contributed by atoms with E-state index in [2.05, 4.69) is 15.6 Å². The molecule has 1 amide bonds. The normalized spacial score (nSPS) is 16.4.